The lowest BCUT2D eigenvalue weighted by molar-refractivity contribution is 0.318. The van der Waals surface area contributed by atoms with Crippen LogP contribution in [0.2, 0.25) is 0 Å². The third-order valence-corrected chi connectivity index (χ3v) is 1.37. The highest BCUT2D eigenvalue weighted by molar-refractivity contribution is 5.48. The molecule has 1 rings (SSSR count). The van der Waals surface area contributed by atoms with Crippen LogP contribution >= 0.6 is 0 Å². The van der Waals surface area contributed by atoms with Gasteiger partial charge in [0.25, 0.3) is 0 Å². The van der Waals surface area contributed by atoms with Gasteiger partial charge in [0.2, 0.25) is 0 Å². The summed E-state index contributed by atoms with van der Waals surface area (Å²) in [5, 5.41) is 0. The second-order valence-electron chi connectivity index (χ2n) is 2.34. The molecule has 1 aromatic rings. The van der Waals surface area contributed by atoms with Crippen LogP contribution in [-0.4, -0.2) is 11.6 Å². The molecule has 0 aromatic carbocycles. The highest BCUT2D eigenvalue weighted by atomic mass is 16.5. The average Bonchev–Trinajstić information content (AvgIpc) is 2.15. The number of hydrogen-bond donors (Lipinski definition) is 2. The number of nitrogens with two attached hydrogens (primary N) is 1. The largest absolute Gasteiger partial charge is 0.490 e. The quantitative estimate of drug-likeness (QED) is 0.521. The molecule has 0 spiro atoms. The molecular formula is C8H13N3O. The second-order valence-corrected chi connectivity index (χ2v) is 2.34. The zero-order valence-electron chi connectivity index (χ0n) is 7.08. The average molecular weight is 167 g/mol. The maximum Gasteiger partial charge on any atom is 0.182 e. The minimum absolute atomic E-state index is 0.575. The van der Waals surface area contributed by atoms with Gasteiger partial charge in [0.1, 0.15) is 0 Å². The van der Waals surface area contributed by atoms with E-state index in [0.29, 0.717) is 18.2 Å². The number of nitrogens with one attached hydrogen (secondary N) is 1. The second kappa shape index (κ2) is 4.56. The Balaban J connectivity index is 2.68. The van der Waals surface area contributed by atoms with E-state index < -0.39 is 0 Å². The summed E-state index contributed by atoms with van der Waals surface area (Å²) in [4.78, 5) is 3.99. The molecule has 1 aromatic heterocycles. The Morgan fingerprint density at radius 3 is 3.17 bits per heavy atom. The molecule has 4 nitrogen and oxygen atoms in total. The first-order valence-electron chi connectivity index (χ1n) is 3.93. The van der Waals surface area contributed by atoms with E-state index in [2.05, 4.69) is 10.4 Å². The SMILES string of the molecule is CCCOc1cccnc1NN. The molecule has 0 saturated carbocycles. The number of hydrazine groups is 1. The highest BCUT2D eigenvalue weighted by Crippen LogP contribution is 2.19. The summed E-state index contributed by atoms with van der Waals surface area (Å²) in [5.74, 6) is 6.50. The van der Waals surface area contributed by atoms with Gasteiger partial charge in [-0.2, -0.15) is 0 Å². The van der Waals surface area contributed by atoms with Crippen LogP contribution in [0.1, 0.15) is 13.3 Å². The summed E-state index contributed by atoms with van der Waals surface area (Å²) in [6, 6.07) is 3.64. The molecule has 1 heterocycles. The highest BCUT2D eigenvalue weighted by Gasteiger charge is 2.00. The first-order chi connectivity index (χ1) is 5.88. The van der Waals surface area contributed by atoms with Gasteiger partial charge in [-0.1, -0.05) is 6.92 Å². The van der Waals surface area contributed by atoms with Crippen molar-refractivity contribution in [3.8, 4) is 5.75 Å². The first kappa shape index (κ1) is 8.80. The molecule has 4 heteroatoms. The normalized spacial score (nSPS) is 9.50. The third-order valence-electron chi connectivity index (χ3n) is 1.37. The molecule has 66 valence electrons. The van der Waals surface area contributed by atoms with Gasteiger partial charge in [0.05, 0.1) is 6.61 Å². The van der Waals surface area contributed by atoms with Crippen molar-refractivity contribution in [2.24, 2.45) is 5.84 Å². The van der Waals surface area contributed by atoms with E-state index in [1.165, 1.54) is 0 Å². The molecule has 3 N–H and O–H groups in total. The number of aromatic nitrogens is 1. The Hall–Kier alpha value is -1.29. The Morgan fingerprint density at radius 1 is 1.67 bits per heavy atom. The van der Waals surface area contributed by atoms with E-state index in [-0.39, 0.29) is 0 Å². The van der Waals surface area contributed by atoms with Crippen LogP contribution in [-0.2, 0) is 0 Å². The summed E-state index contributed by atoms with van der Waals surface area (Å²) in [6.45, 7) is 2.73. The van der Waals surface area contributed by atoms with Crippen molar-refractivity contribution in [3.05, 3.63) is 18.3 Å². The fourth-order valence-corrected chi connectivity index (χ4v) is 0.827. The first-order valence-corrected chi connectivity index (χ1v) is 3.93. The van der Waals surface area contributed by atoms with Gasteiger partial charge in [0.15, 0.2) is 11.6 Å². The predicted molar refractivity (Wildman–Crippen MR) is 47.8 cm³/mol. The Bertz CT molecular complexity index is 239. The van der Waals surface area contributed by atoms with E-state index in [1.54, 1.807) is 6.20 Å². The standard InChI is InChI=1S/C8H13N3O/c1-2-6-12-7-4-3-5-10-8(7)11-9/h3-5H,2,6,9H2,1H3,(H,10,11). The van der Waals surface area contributed by atoms with E-state index in [1.807, 2.05) is 19.1 Å². The summed E-state index contributed by atoms with van der Waals surface area (Å²) < 4.78 is 5.37. The fourth-order valence-electron chi connectivity index (χ4n) is 0.827. The lowest BCUT2D eigenvalue weighted by Gasteiger charge is -2.07. The molecule has 0 saturated heterocycles. The monoisotopic (exact) mass is 167 g/mol. The van der Waals surface area contributed by atoms with Crippen LogP contribution in [0.25, 0.3) is 0 Å². The van der Waals surface area contributed by atoms with Gasteiger partial charge in [0, 0.05) is 6.20 Å². The lowest BCUT2D eigenvalue weighted by Crippen LogP contribution is -2.10. The van der Waals surface area contributed by atoms with E-state index in [9.17, 15) is 0 Å². The van der Waals surface area contributed by atoms with Crippen LogP contribution < -0.4 is 16.0 Å². The number of ether oxygens (including phenoxy) is 1. The van der Waals surface area contributed by atoms with Crippen molar-refractivity contribution in [3.63, 3.8) is 0 Å². The summed E-state index contributed by atoms with van der Waals surface area (Å²) in [5.41, 5.74) is 2.47. The molecule has 0 atom stereocenters. The van der Waals surface area contributed by atoms with Crippen molar-refractivity contribution in [2.75, 3.05) is 12.0 Å². The van der Waals surface area contributed by atoms with Crippen LogP contribution in [0.3, 0.4) is 0 Å². The molecule has 0 fully saturated rings. The number of nitrogen functional groups attached to an aromatic ring is 1. The topological polar surface area (TPSA) is 60.2 Å². The van der Waals surface area contributed by atoms with Crippen LogP contribution in [0, 0.1) is 0 Å². The van der Waals surface area contributed by atoms with Gasteiger partial charge < -0.3 is 10.2 Å². The van der Waals surface area contributed by atoms with Gasteiger partial charge in [-0.15, -0.1) is 0 Å². The Morgan fingerprint density at radius 2 is 2.50 bits per heavy atom. The van der Waals surface area contributed by atoms with Crippen LogP contribution in [0.4, 0.5) is 5.82 Å². The maximum absolute atomic E-state index is 5.37. The van der Waals surface area contributed by atoms with Gasteiger partial charge in [-0.25, -0.2) is 10.8 Å². The van der Waals surface area contributed by atoms with Crippen molar-refractivity contribution >= 4 is 5.82 Å². The smallest absolute Gasteiger partial charge is 0.182 e. The molecule has 0 radical (unpaired) electrons. The zero-order chi connectivity index (χ0) is 8.81. The Kier molecular flexibility index (Phi) is 3.35. The number of nitrogens with zero attached hydrogens (tertiary/aromatic N) is 1. The Labute approximate surface area is 71.7 Å². The van der Waals surface area contributed by atoms with Gasteiger partial charge in [-0.3, -0.25) is 0 Å². The van der Waals surface area contributed by atoms with Crippen molar-refractivity contribution < 1.29 is 4.74 Å². The van der Waals surface area contributed by atoms with E-state index in [0.717, 1.165) is 6.42 Å². The number of anilines is 1. The molecule has 0 aliphatic carbocycles. The summed E-state index contributed by atoms with van der Waals surface area (Å²) in [6.07, 6.45) is 2.63. The van der Waals surface area contributed by atoms with Gasteiger partial charge in [-0.05, 0) is 18.6 Å². The number of hydrogen-bond acceptors (Lipinski definition) is 4. The number of rotatable bonds is 4. The summed E-state index contributed by atoms with van der Waals surface area (Å²) >= 11 is 0. The summed E-state index contributed by atoms with van der Waals surface area (Å²) in [7, 11) is 0. The fraction of sp³-hybridized carbons (Fsp3) is 0.375. The molecule has 0 aliphatic heterocycles. The van der Waals surface area contributed by atoms with Crippen molar-refractivity contribution in [1.82, 2.24) is 4.98 Å². The van der Waals surface area contributed by atoms with Crippen LogP contribution in [0.5, 0.6) is 5.75 Å². The number of pyridine rings is 1. The molecule has 0 bridgehead atoms. The maximum atomic E-state index is 5.37. The molecule has 0 unspecified atom stereocenters. The van der Waals surface area contributed by atoms with Gasteiger partial charge >= 0.3 is 0 Å². The molecule has 0 amide bonds. The minimum atomic E-state index is 0.575. The molecular weight excluding hydrogens is 154 g/mol. The van der Waals surface area contributed by atoms with Crippen molar-refractivity contribution in [1.29, 1.82) is 0 Å². The van der Waals surface area contributed by atoms with E-state index >= 15 is 0 Å². The zero-order valence-corrected chi connectivity index (χ0v) is 7.08. The van der Waals surface area contributed by atoms with Crippen LogP contribution in [0.15, 0.2) is 18.3 Å². The van der Waals surface area contributed by atoms with Crippen molar-refractivity contribution in [2.45, 2.75) is 13.3 Å². The third kappa shape index (κ3) is 2.10. The molecule has 12 heavy (non-hydrogen) atoms. The predicted octanol–water partition coefficient (Wildman–Crippen LogP) is 1.16. The minimum Gasteiger partial charge on any atom is -0.490 e. The van der Waals surface area contributed by atoms with E-state index in [4.69, 9.17) is 10.6 Å². The lowest BCUT2D eigenvalue weighted by atomic mass is 10.4. The molecule has 0 aliphatic rings.